The largest absolute Gasteiger partial charge is 0.393 e. The van der Waals surface area contributed by atoms with E-state index < -0.39 is 6.10 Å². The zero-order chi connectivity index (χ0) is 16.8. The zero-order valence-corrected chi connectivity index (χ0v) is 14.6. The van der Waals surface area contributed by atoms with E-state index in [1.807, 2.05) is 0 Å². The lowest BCUT2D eigenvalue weighted by atomic mass is 9.40. The summed E-state index contributed by atoms with van der Waals surface area (Å²) in [6.07, 6.45) is 4.22. The van der Waals surface area contributed by atoms with Gasteiger partial charge >= 0.3 is 0 Å². The van der Waals surface area contributed by atoms with E-state index in [1.165, 1.54) is 0 Å². The summed E-state index contributed by atoms with van der Waals surface area (Å²) in [5, 5.41) is 22.0. The number of carbonyl (C=O) groups excluding carboxylic acids is 1. The lowest BCUT2D eigenvalue weighted by molar-refractivity contribution is -0.203. The van der Waals surface area contributed by atoms with E-state index in [0.29, 0.717) is 18.1 Å². The number of Topliss-reactive ketones (excluding diaryl/α,β-unsaturated/α-hetero) is 1. The molecule has 3 nitrogen and oxygen atoms in total. The molecule has 0 heterocycles. The molecular formula is C20H30O3. The average molecular weight is 318 g/mol. The Morgan fingerprint density at radius 3 is 2.57 bits per heavy atom. The highest BCUT2D eigenvalue weighted by atomic mass is 16.3. The van der Waals surface area contributed by atoms with E-state index in [0.717, 1.165) is 37.7 Å². The number of aliphatic hydroxyl groups is 2. The maximum absolute atomic E-state index is 12.5. The number of aliphatic hydroxyl groups excluding tert-OH is 2. The fourth-order valence-corrected chi connectivity index (χ4v) is 7.50. The lowest BCUT2D eigenvalue weighted by Gasteiger charge is -2.64. The molecule has 0 amide bonds. The van der Waals surface area contributed by atoms with E-state index in [2.05, 4.69) is 27.4 Å². The Labute approximate surface area is 139 Å². The molecule has 0 aliphatic heterocycles. The van der Waals surface area contributed by atoms with Gasteiger partial charge in [-0.3, -0.25) is 4.79 Å². The van der Waals surface area contributed by atoms with Crippen LogP contribution in [0.3, 0.4) is 0 Å². The summed E-state index contributed by atoms with van der Waals surface area (Å²) in [5.41, 5.74) is 0.359. The number of ketones is 1. The van der Waals surface area contributed by atoms with Gasteiger partial charge in [0.05, 0.1) is 12.2 Å². The van der Waals surface area contributed by atoms with E-state index in [-0.39, 0.29) is 34.2 Å². The van der Waals surface area contributed by atoms with Gasteiger partial charge in [-0.05, 0) is 60.8 Å². The van der Waals surface area contributed by atoms with Gasteiger partial charge in [-0.15, -0.1) is 0 Å². The molecule has 2 bridgehead atoms. The Morgan fingerprint density at radius 2 is 1.87 bits per heavy atom. The molecule has 0 saturated heterocycles. The molecule has 4 aliphatic rings. The Bertz CT molecular complexity index is 579. The van der Waals surface area contributed by atoms with Crippen molar-refractivity contribution in [1.82, 2.24) is 0 Å². The number of fused-ring (bicyclic) bond motifs is 3. The summed E-state index contributed by atoms with van der Waals surface area (Å²) in [5.74, 6) is 1.04. The van der Waals surface area contributed by atoms with Crippen molar-refractivity contribution in [3.05, 3.63) is 12.2 Å². The van der Waals surface area contributed by atoms with Crippen LogP contribution in [0.4, 0.5) is 0 Å². The first-order chi connectivity index (χ1) is 10.6. The fourth-order valence-electron chi connectivity index (χ4n) is 7.50. The predicted octanol–water partition coefficient (Wildman–Crippen LogP) is 3.10. The molecule has 0 aromatic heterocycles. The van der Waals surface area contributed by atoms with Crippen molar-refractivity contribution in [3.8, 4) is 0 Å². The van der Waals surface area contributed by atoms with Gasteiger partial charge < -0.3 is 10.2 Å². The van der Waals surface area contributed by atoms with Gasteiger partial charge in [0.15, 0.2) is 0 Å². The standard InChI is InChI=1S/C20H30O3/c1-11-12-9-13(21)16-19(4)7-6-15(22)18(2,3)14(19)5-8-20(16,10-12)17(11)23/h12-14,16-17,21,23H,1,5-10H2,2-4H3/t12-,13+,14-,16+,17-,19-,20-/m1/s1. The van der Waals surface area contributed by atoms with E-state index in [1.54, 1.807) is 0 Å². The third-order valence-corrected chi connectivity index (χ3v) is 8.46. The van der Waals surface area contributed by atoms with Crippen LogP contribution in [-0.2, 0) is 4.79 Å². The minimum Gasteiger partial charge on any atom is -0.393 e. The van der Waals surface area contributed by atoms with Gasteiger partial charge in [0.25, 0.3) is 0 Å². The second kappa shape index (κ2) is 4.49. The van der Waals surface area contributed by atoms with Crippen LogP contribution in [0, 0.1) is 34.0 Å². The predicted molar refractivity (Wildman–Crippen MR) is 88.7 cm³/mol. The van der Waals surface area contributed by atoms with Crippen molar-refractivity contribution in [2.75, 3.05) is 0 Å². The summed E-state index contributed by atoms with van der Waals surface area (Å²) in [7, 11) is 0. The zero-order valence-electron chi connectivity index (χ0n) is 14.6. The summed E-state index contributed by atoms with van der Waals surface area (Å²) in [4.78, 5) is 12.5. The van der Waals surface area contributed by atoms with Crippen molar-refractivity contribution < 1.29 is 15.0 Å². The average Bonchev–Trinajstić information content (AvgIpc) is 2.65. The number of carbonyl (C=O) groups is 1. The van der Waals surface area contributed by atoms with Crippen LogP contribution < -0.4 is 0 Å². The highest BCUT2D eigenvalue weighted by molar-refractivity contribution is 5.85. The highest BCUT2D eigenvalue weighted by Crippen LogP contribution is 2.71. The third kappa shape index (κ3) is 1.71. The molecule has 3 heteroatoms. The van der Waals surface area contributed by atoms with E-state index in [4.69, 9.17) is 0 Å². The Kier molecular flexibility index (Phi) is 3.09. The number of hydrogen-bond donors (Lipinski definition) is 2. The second-order valence-electron chi connectivity index (χ2n) is 9.63. The van der Waals surface area contributed by atoms with Crippen LogP contribution in [0.1, 0.15) is 59.3 Å². The van der Waals surface area contributed by atoms with Crippen LogP contribution in [0.2, 0.25) is 0 Å². The molecular weight excluding hydrogens is 288 g/mol. The molecule has 4 rings (SSSR count). The first-order valence-corrected chi connectivity index (χ1v) is 9.23. The first-order valence-electron chi connectivity index (χ1n) is 9.23. The van der Waals surface area contributed by atoms with Gasteiger partial charge in [0.1, 0.15) is 5.78 Å². The van der Waals surface area contributed by atoms with Gasteiger partial charge in [0.2, 0.25) is 0 Å². The topological polar surface area (TPSA) is 57.5 Å². The Hall–Kier alpha value is -0.670. The number of hydrogen-bond acceptors (Lipinski definition) is 3. The molecule has 23 heavy (non-hydrogen) atoms. The molecule has 0 aromatic carbocycles. The normalized spacial score (nSPS) is 54.6. The molecule has 0 unspecified atom stereocenters. The smallest absolute Gasteiger partial charge is 0.138 e. The Morgan fingerprint density at radius 1 is 1.17 bits per heavy atom. The molecule has 0 aromatic rings. The van der Waals surface area contributed by atoms with Gasteiger partial charge in [-0.25, -0.2) is 0 Å². The van der Waals surface area contributed by atoms with Crippen molar-refractivity contribution >= 4 is 5.78 Å². The Balaban J connectivity index is 1.82. The molecule has 4 fully saturated rings. The second-order valence-corrected chi connectivity index (χ2v) is 9.63. The van der Waals surface area contributed by atoms with E-state index >= 15 is 0 Å². The molecule has 1 spiro atoms. The highest BCUT2D eigenvalue weighted by Gasteiger charge is 2.69. The minimum atomic E-state index is -0.479. The lowest BCUT2D eigenvalue weighted by Crippen LogP contribution is -2.63. The first kappa shape index (κ1) is 15.8. The SMILES string of the molecule is C=C1[C@@H]2C[C@H](O)[C@H]3[C@]4(C)CCC(=O)C(C)(C)[C@H]4CC[C@]3(C2)[C@@H]1O. The summed E-state index contributed by atoms with van der Waals surface area (Å²) >= 11 is 0. The summed E-state index contributed by atoms with van der Waals surface area (Å²) in [6.45, 7) is 10.6. The van der Waals surface area contributed by atoms with Crippen LogP contribution in [0.25, 0.3) is 0 Å². The van der Waals surface area contributed by atoms with Crippen LogP contribution in [0.15, 0.2) is 12.2 Å². The maximum atomic E-state index is 12.5. The molecule has 128 valence electrons. The summed E-state index contributed by atoms with van der Waals surface area (Å²) < 4.78 is 0. The number of rotatable bonds is 0. The molecule has 2 N–H and O–H groups in total. The van der Waals surface area contributed by atoms with Gasteiger partial charge in [-0.2, -0.15) is 0 Å². The van der Waals surface area contributed by atoms with Crippen LogP contribution >= 0.6 is 0 Å². The summed E-state index contributed by atoms with van der Waals surface area (Å²) in [6, 6.07) is 0. The minimum absolute atomic E-state index is 0.0638. The molecule has 0 radical (unpaired) electrons. The molecule has 7 atom stereocenters. The van der Waals surface area contributed by atoms with Gasteiger partial charge in [0, 0.05) is 17.3 Å². The third-order valence-electron chi connectivity index (χ3n) is 8.46. The van der Waals surface area contributed by atoms with Gasteiger partial charge in [-0.1, -0.05) is 27.4 Å². The fraction of sp³-hybridized carbons (Fsp3) is 0.850. The van der Waals surface area contributed by atoms with Crippen molar-refractivity contribution in [2.45, 2.75) is 71.5 Å². The van der Waals surface area contributed by atoms with Crippen molar-refractivity contribution in [2.24, 2.45) is 34.0 Å². The van der Waals surface area contributed by atoms with Crippen molar-refractivity contribution in [1.29, 1.82) is 0 Å². The quantitative estimate of drug-likeness (QED) is 0.675. The monoisotopic (exact) mass is 318 g/mol. The molecule has 4 aliphatic carbocycles. The van der Waals surface area contributed by atoms with Crippen LogP contribution in [-0.4, -0.2) is 28.2 Å². The maximum Gasteiger partial charge on any atom is 0.138 e. The molecule has 4 saturated carbocycles. The van der Waals surface area contributed by atoms with Crippen molar-refractivity contribution in [3.63, 3.8) is 0 Å². The van der Waals surface area contributed by atoms with E-state index in [9.17, 15) is 15.0 Å². The van der Waals surface area contributed by atoms with Crippen LogP contribution in [0.5, 0.6) is 0 Å².